The van der Waals surface area contributed by atoms with Crippen LogP contribution in [0, 0.1) is 10.1 Å². The Morgan fingerprint density at radius 1 is 1.07 bits per heavy atom. The maximum Gasteiger partial charge on any atom is 0.339 e. The van der Waals surface area contributed by atoms with Crippen LogP contribution in [-0.4, -0.2) is 44.3 Å². The van der Waals surface area contributed by atoms with Crippen molar-refractivity contribution in [3.63, 3.8) is 0 Å². The number of aromatic nitrogens is 2. The van der Waals surface area contributed by atoms with Gasteiger partial charge in [0.05, 0.1) is 21.7 Å². The minimum Gasteiger partial charge on any atom is -0.449 e. The van der Waals surface area contributed by atoms with E-state index in [-0.39, 0.29) is 10.8 Å². The monoisotopic (exact) mass is 593 g/mol. The van der Waals surface area contributed by atoms with Gasteiger partial charge in [-0.25, -0.2) is 9.78 Å². The zero-order valence-corrected chi connectivity index (χ0v) is 24.0. The molecule has 1 N–H and O–H groups in total. The molecule has 3 heterocycles. The number of carbonyl (C=O) groups is 2. The summed E-state index contributed by atoms with van der Waals surface area (Å²) in [6.45, 7) is 3.60. The van der Waals surface area contributed by atoms with E-state index < -0.39 is 22.9 Å². The van der Waals surface area contributed by atoms with E-state index in [0.29, 0.717) is 40.7 Å². The van der Waals surface area contributed by atoms with E-state index in [4.69, 9.17) is 9.72 Å². The van der Waals surface area contributed by atoms with Crippen LogP contribution in [0.5, 0.6) is 0 Å². The van der Waals surface area contributed by atoms with Crippen molar-refractivity contribution in [2.75, 3.05) is 11.9 Å². The molecule has 0 bridgehead atoms. The standard InChI is InChI=1S/C32H27N5O5S/c1-20(30(38)35-32-34-28(19-43-32)22-10-7-11-23(16-22)37(40)41)42-31(39)29-24-12-5-6-13-26(24)33-27-14-15-36(18-25(27)29)17-21-8-3-2-4-9-21/h2-13,16,19-20H,14-15,17-18H2,1H3,(H,34,35,38). The first-order valence-electron chi connectivity index (χ1n) is 13.7. The van der Waals surface area contributed by atoms with E-state index in [0.717, 1.165) is 24.3 Å². The molecule has 0 radical (unpaired) electrons. The lowest BCUT2D eigenvalue weighted by molar-refractivity contribution is -0.384. The van der Waals surface area contributed by atoms with Crippen molar-refractivity contribution in [1.29, 1.82) is 0 Å². The van der Waals surface area contributed by atoms with Crippen LogP contribution in [0.1, 0.15) is 34.1 Å². The van der Waals surface area contributed by atoms with Gasteiger partial charge in [-0.05, 0) is 18.6 Å². The number of nitrogens with one attached hydrogen (secondary N) is 1. The number of para-hydroxylation sites is 1. The second kappa shape index (κ2) is 12.1. The largest absolute Gasteiger partial charge is 0.449 e. The molecule has 0 saturated carbocycles. The van der Waals surface area contributed by atoms with Gasteiger partial charge in [0.25, 0.3) is 11.6 Å². The van der Waals surface area contributed by atoms with Gasteiger partial charge in [-0.2, -0.15) is 0 Å². The fourth-order valence-electron chi connectivity index (χ4n) is 5.18. The number of carbonyl (C=O) groups excluding carboxylic acids is 2. The highest BCUT2D eigenvalue weighted by molar-refractivity contribution is 7.14. The Morgan fingerprint density at radius 3 is 2.67 bits per heavy atom. The lowest BCUT2D eigenvalue weighted by atomic mass is 9.95. The Balaban J connectivity index is 1.20. The van der Waals surface area contributed by atoms with Gasteiger partial charge in [-0.15, -0.1) is 11.3 Å². The van der Waals surface area contributed by atoms with Crippen molar-refractivity contribution >= 4 is 44.9 Å². The van der Waals surface area contributed by atoms with Crippen molar-refractivity contribution < 1.29 is 19.2 Å². The second-order valence-electron chi connectivity index (χ2n) is 10.3. The fraction of sp³-hybridized carbons (Fsp3) is 0.188. The number of amides is 1. The van der Waals surface area contributed by atoms with E-state index in [2.05, 4.69) is 27.3 Å². The third-order valence-corrected chi connectivity index (χ3v) is 8.08. The number of thiazole rings is 1. The highest BCUT2D eigenvalue weighted by atomic mass is 32.1. The molecule has 1 unspecified atom stereocenters. The number of rotatable bonds is 8. The van der Waals surface area contributed by atoms with Gasteiger partial charge < -0.3 is 4.74 Å². The summed E-state index contributed by atoms with van der Waals surface area (Å²) in [5.41, 5.74) is 5.00. The lowest BCUT2D eigenvalue weighted by Gasteiger charge is -2.30. The van der Waals surface area contributed by atoms with Crippen LogP contribution in [-0.2, 0) is 29.0 Å². The summed E-state index contributed by atoms with van der Waals surface area (Å²) >= 11 is 1.17. The summed E-state index contributed by atoms with van der Waals surface area (Å²) in [4.78, 5) is 48.9. The SMILES string of the molecule is CC(OC(=O)c1c2c(nc3ccccc13)CCN(Cc1ccccc1)C2)C(=O)Nc1nc(-c2cccc([N+](=O)[O-])c2)cs1. The van der Waals surface area contributed by atoms with E-state index in [1.165, 1.54) is 36.0 Å². The maximum absolute atomic E-state index is 13.7. The molecule has 0 fully saturated rings. The third kappa shape index (κ3) is 6.13. The molecule has 3 aromatic carbocycles. The molecule has 1 atom stereocenters. The molecule has 216 valence electrons. The van der Waals surface area contributed by atoms with Crippen molar-refractivity contribution in [1.82, 2.24) is 14.9 Å². The highest BCUT2D eigenvalue weighted by Gasteiger charge is 2.29. The van der Waals surface area contributed by atoms with Crippen molar-refractivity contribution in [3.8, 4) is 11.3 Å². The van der Waals surface area contributed by atoms with Gasteiger partial charge in [-0.1, -0.05) is 60.7 Å². The number of hydrogen-bond acceptors (Lipinski definition) is 9. The van der Waals surface area contributed by atoms with Crippen molar-refractivity contribution in [2.24, 2.45) is 0 Å². The van der Waals surface area contributed by atoms with Crippen LogP contribution < -0.4 is 5.32 Å². The molecule has 10 nitrogen and oxygen atoms in total. The lowest BCUT2D eigenvalue weighted by Crippen LogP contribution is -2.34. The van der Waals surface area contributed by atoms with Crippen LogP contribution in [0.4, 0.5) is 10.8 Å². The van der Waals surface area contributed by atoms with Crippen LogP contribution in [0.3, 0.4) is 0 Å². The normalized spacial score (nSPS) is 13.7. The van der Waals surface area contributed by atoms with E-state index in [1.54, 1.807) is 17.5 Å². The molecule has 0 saturated heterocycles. The predicted octanol–water partition coefficient (Wildman–Crippen LogP) is 6.01. The molecule has 43 heavy (non-hydrogen) atoms. The molecule has 1 amide bonds. The summed E-state index contributed by atoms with van der Waals surface area (Å²) in [6, 6.07) is 23.8. The average molecular weight is 594 g/mol. The molecule has 1 aliphatic rings. The first-order valence-corrected chi connectivity index (χ1v) is 14.6. The number of anilines is 1. The Kier molecular flexibility index (Phi) is 7.91. The third-order valence-electron chi connectivity index (χ3n) is 7.32. The fourth-order valence-corrected chi connectivity index (χ4v) is 5.90. The average Bonchev–Trinajstić information content (AvgIpc) is 3.49. The van der Waals surface area contributed by atoms with Gasteiger partial charge >= 0.3 is 5.97 Å². The van der Waals surface area contributed by atoms with Gasteiger partial charge in [0.2, 0.25) is 0 Å². The molecule has 2 aromatic heterocycles. The molecule has 5 aromatic rings. The number of pyridine rings is 1. The number of ether oxygens (including phenoxy) is 1. The zero-order chi connectivity index (χ0) is 29.9. The summed E-state index contributed by atoms with van der Waals surface area (Å²) in [5, 5.41) is 16.5. The number of non-ortho nitro benzene ring substituents is 1. The Bertz CT molecular complexity index is 1840. The summed E-state index contributed by atoms with van der Waals surface area (Å²) < 4.78 is 5.74. The number of nitrogens with zero attached hydrogens (tertiary/aromatic N) is 4. The van der Waals surface area contributed by atoms with Gasteiger partial charge in [0.15, 0.2) is 11.2 Å². The van der Waals surface area contributed by atoms with Crippen LogP contribution in [0.15, 0.2) is 84.2 Å². The molecule has 6 rings (SSSR count). The van der Waals surface area contributed by atoms with Gasteiger partial charge in [0.1, 0.15) is 0 Å². The minimum atomic E-state index is -1.11. The number of nitro groups is 1. The highest BCUT2D eigenvalue weighted by Crippen LogP contribution is 2.31. The topological polar surface area (TPSA) is 128 Å². The summed E-state index contributed by atoms with van der Waals surface area (Å²) in [7, 11) is 0. The van der Waals surface area contributed by atoms with Crippen LogP contribution >= 0.6 is 11.3 Å². The summed E-state index contributed by atoms with van der Waals surface area (Å²) in [5.74, 6) is -1.12. The molecular formula is C32H27N5O5S. The Labute approximate surface area is 251 Å². The van der Waals surface area contributed by atoms with Crippen molar-refractivity contribution in [3.05, 3.63) is 117 Å². The molecule has 0 spiro atoms. The van der Waals surface area contributed by atoms with E-state index in [1.807, 2.05) is 42.5 Å². The second-order valence-corrected chi connectivity index (χ2v) is 11.1. The smallest absolute Gasteiger partial charge is 0.339 e. The van der Waals surface area contributed by atoms with Gasteiger partial charge in [0, 0.05) is 65.8 Å². The first kappa shape index (κ1) is 28.1. The Hall–Kier alpha value is -5.00. The van der Waals surface area contributed by atoms with Crippen LogP contribution in [0.25, 0.3) is 22.2 Å². The predicted molar refractivity (Wildman–Crippen MR) is 164 cm³/mol. The molecule has 0 aliphatic carbocycles. The zero-order valence-electron chi connectivity index (χ0n) is 23.2. The maximum atomic E-state index is 13.7. The quantitative estimate of drug-likeness (QED) is 0.132. The number of hydrogen-bond donors (Lipinski definition) is 1. The van der Waals surface area contributed by atoms with Crippen molar-refractivity contribution in [2.45, 2.75) is 32.5 Å². The van der Waals surface area contributed by atoms with Gasteiger partial charge in [-0.3, -0.25) is 30.1 Å². The molecule has 11 heteroatoms. The number of esters is 1. The first-order chi connectivity index (χ1) is 20.9. The number of fused-ring (bicyclic) bond motifs is 2. The Morgan fingerprint density at radius 2 is 1.86 bits per heavy atom. The number of benzene rings is 3. The molecule has 1 aliphatic heterocycles. The minimum absolute atomic E-state index is 0.0503. The van der Waals surface area contributed by atoms with E-state index in [9.17, 15) is 19.7 Å². The number of nitro benzene ring substituents is 1. The molecular weight excluding hydrogens is 566 g/mol. The van der Waals surface area contributed by atoms with Crippen LogP contribution in [0.2, 0.25) is 0 Å². The summed E-state index contributed by atoms with van der Waals surface area (Å²) in [6.07, 6.45) is -0.412. The van der Waals surface area contributed by atoms with E-state index >= 15 is 0 Å².